The van der Waals surface area contributed by atoms with E-state index in [2.05, 4.69) is 31.9 Å². The summed E-state index contributed by atoms with van der Waals surface area (Å²) in [6, 6.07) is 10.4. The van der Waals surface area contributed by atoms with Gasteiger partial charge in [0.25, 0.3) is 0 Å². The molecular weight excluding hydrogens is 351 g/mol. The molecule has 2 rings (SSSR count). The Labute approximate surface area is 116 Å². The van der Waals surface area contributed by atoms with Crippen molar-refractivity contribution in [3.05, 3.63) is 51.2 Å². The topological polar surface area (TPSA) is 9.23 Å². The molecule has 1 nitrogen and oxygen atoms in total. The lowest BCUT2D eigenvalue weighted by atomic mass is 10.0. The fourth-order valence-corrected chi connectivity index (χ4v) is 2.80. The van der Waals surface area contributed by atoms with Crippen LogP contribution < -0.4 is 4.74 Å². The molecule has 0 aliphatic rings. The van der Waals surface area contributed by atoms with Crippen LogP contribution in [-0.4, -0.2) is 7.11 Å². The van der Waals surface area contributed by atoms with Gasteiger partial charge in [-0.15, -0.1) is 0 Å². The van der Waals surface area contributed by atoms with Crippen molar-refractivity contribution >= 4 is 31.9 Å². The minimum Gasteiger partial charge on any atom is -0.496 e. The second-order valence-corrected chi connectivity index (χ2v) is 5.07. The van der Waals surface area contributed by atoms with Crippen LogP contribution in [0.4, 0.5) is 4.39 Å². The van der Waals surface area contributed by atoms with Crippen LogP contribution in [0, 0.1) is 5.82 Å². The van der Waals surface area contributed by atoms with E-state index >= 15 is 0 Å². The number of halogens is 3. The second-order valence-electron chi connectivity index (χ2n) is 3.42. The maximum Gasteiger partial charge on any atom is 0.133 e. The predicted octanol–water partition coefficient (Wildman–Crippen LogP) is 5.03. The third-order valence-electron chi connectivity index (χ3n) is 2.42. The maximum absolute atomic E-state index is 13.9. The molecule has 0 aliphatic carbocycles. The number of rotatable bonds is 2. The molecule has 0 amide bonds. The van der Waals surface area contributed by atoms with Gasteiger partial charge in [0.1, 0.15) is 11.6 Å². The highest BCUT2D eigenvalue weighted by Gasteiger charge is 2.14. The summed E-state index contributed by atoms with van der Waals surface area (Å²) in [5.41, 5.74) is 1.28. The minimum absolute atomic E-state index is 0.270. The monoisotopic (exact) mass is 358 g/mol. The number of hydrogen-bond acceptors (Lipinski definition) is 1. The summed E-state index contributed by atoms with van der Waals surface area (Å²) < 4.78 is 20.5. The Morgan fingerprint density at radius 2 is 1.76 bits per heavy atom. The van der Waals surface area contributed by atoms with Gasteiger partial charge in [-0.25, -0.2) is 4.39 Å². The van der Waals surface area contributed by atoms with E-state index in [4.69, 9.17) is 4.74 Å². The largest absolute Gasteiger partial charge is 0.496 e. The van der Waals surface area contributed by atoms with Crippen molar-refractivity contribution < 1.29 is 9.13 Å². The van der Waals surface area contributed by atoms with E-state index in [-0.39, 0.29) is 5.82 Å². The second kappa shape index (κ2) is 5.19. The number of benzene rings is 2. The molecule has 0 N–H and O–H groups in total. The van der Waals surface area contributed by atoms with E-state index in [0.29, 0.717) is 15.8 Å². The van der Waals surface area contributed by atoms with Gasteiger partial charge in [0.05, 0.1) is 11.6 Å². The molecule has 0 atom stereocenters. The van der Waals surface area contributed by atoms with Crippen molar-refractivity contribution in [2.75, 3.05) is 7.11 Å². The fourth-order valence-electron chi connectivity index (χ4n) is 1.62. The Bertz CT molecular complexity index is 535. The quantitative estimate of drug-likeness (QED) is 0.730. The molecule has 0 fully saturated rings. The van der Waals surface area contributed by atoms with Crippen LogP contribution in [-0.2, 0) is 0 Å². The normalized spacial score (nSPS) is 10.4. The zero-order valence-electron chi connectivity index (χ0n) is 9.01. The number of ether oxygens (including phenoxy) is 1. The molecule has 2 aromatic carbocycles. The van der Waals surface area contributed by atoms with Crippen LogP contribution in [0.2, 0.25) is 0 Å². The van der Waals surface area contributed by atoms with E-state index in [1.807, 2.05) is 24.3 Å². The SMILES string of the molecule is COc1cccc(-c2c(F)cccc2Br)c1Br. The average Bonchev–Trinajstić information content (AvgIpc) is 2.31. The first-order valence-electron chi connectivity index (χ1n) is 4.92. The van der Waals surface area contributed by atoms with Crippen molar-refractivity contribution in [1.82, 2.24) is 0 Å². The van der Waals surface area contributed by atoms with Crippen LogP contribution >= 0.6 is 31.9 Å². The van der Waals surface area contributed by atoms with Gasteiger partial charge in [0.2, 0.25) is 0 Å². The summed E-state index contributed by atoms with van der Waals surface area (Å²) in [6.07, 6.45) is 0. The number of hydrogen-bond donors (Lipinski definition) is 0. The van der Waals surface area contributed by atoms with Gasteiger partial charge in [0.15, 0.2) is 0 Å². The van der Waals surface area contributed by atoms with Gasteiger partial charge in [0, 0.05) is 15.6 Å². The minimum atomic E-state index is -0.270. The van der Waals surface area contributed by atoms with Crippen molar-refractivity contribution in [3.8, 4) is 16.9 Å². The molecule has 0 saturated heterocycles. The standard InChI is InChI=1S/C13H9Br2FO/c1-17-11-7-2-4-8(13(11)15)12-9(14)5-3-6-10(12)16/h2-7H,1H3. The molecule has 2 aromatic rings. The Morgan fingerprint density at radius 3 is 2.41 bits per heavy atom. The van der Waals surface area contributed by atoms with Gasteiger partial charge in [-0.05, 0) is 34.1 Å². The first-order valence-corrected chi connectivity index (χ1v) is 6.50. The highest BCUT2D eigenvalue weighted by Crippen LogP contribution is 2.39. The molecule has 0 aromatic heterocycles. The molecule has 4 heteroatoms. The van der Waals surface area contributed by atoms with Crippen molar-refractivity contribution in [1.29, 1.82) is 0 Å². The molecule has 0 unspecified atom stereocenters. The summed E-state index contributed by atoms with van der Waals surface area (Å²) in [6.45, 7) is 0. The fraction of sp³-hybridized carbons (Fsp3) is 0.0769. The zero-order valence-corrected chi connectivity index (χ0v) is 12.2. The zero-order chi connectivity index (χ0) is 12.4. The smallest absolute Gasteiger partial charge is 0.133 e. The highest BCUT2D eigenvalue weighted by atomic mass is 79.9. The summed E-state index contributed by atoms with van der Waals surface area (Å²) in [5, 5.41) is 0. The molecule has 0 radical (unpaired) electrons. The first kappa shape index (κ1) is 12.6. The lowest BCUT2D eigenvalue weighted by Crippen LogP contribution is -1.90. The third kappa shape index (κ3) is 2.38. The van der Waals surface area contributed by atoms with E-state index in [1.165, 1.54) is 6.07 Å². The van der Waals surface area contributed by atoms with Gasteiger partial charge >= 0.3 is 0 Å². The van der Waals surface area contributed by atoms with Crippen LogP contribution in [0.3, 0.4) is 0 Å². The summed E-state index contributed by atoms with van der Waals surface area (Å²) in [7, 11) is 1.58. The van der Waals surface area contributed by atoms with Crippen LogP contribution in [0.5, 0.6) is 5.75 Å². The van der Waals surface area contributed by atoms with E-state index in [1.54, 1.807) is 13.2 Å². The van der Waals surface area contributed by atoms with Gasteiger partial charge in [-0.2, -0.15) is 0 Å². The van der Waals surface area contributed by atoms with Crippen LogP contribution in [0.1, 0.15) is 0 Å². The molecule has 0 spiro atoms. The lowest BCUT2D eigenvalue weighted by molar-refractivity contribution is 0.412. The van der Waals surface area contributed by atoms with Gasteiger partial charge in [-0.1, -0.05) is 34.1 Å². The summed E-state index contributed by atoms with van der Waals surface area (Å²) in [5.74, 6) is 0.408. The predicted molar refractivity (Wildman–Crippen MR) is 73.8 cm³/mol. The third-order valence-corrected chi connectivity index (χ3v) is 3.89. The Kier molecular flexibility index (Phi) is 3.84. The van der Waals surface area contributed by atoms with Crippen molar-refractivity contribution in [3.63, 3.8) is 0 Å². The van der Waals surface area contributed by atoms with E-state index < -0.39 is 0 Å². The van der Waals surface area contributed by atoms with Gasteiger partial charge < -0.3 is 4.74 Å². The molecular formula is C13H9Br2FO. The summed E-state index contributed by atoms with van der Waals surface area (Å²) in [4.78, 5) is 0. The number of methoxy groups -OCH3 is 1. The molecule has 0 bridgehead atoms. The lowest BCUT2D eigenvalue weighted by Gasteiger charge is -2.11. The Morgan fingerprint density at radius 1 is 1.06 bits per heavy atom. The molecule has 0 saturated carbocycles. The molecule has 88 valence electrons. The van der Waals surface area contributed by atoms with Gasteiger partial charge in [-0.3, -0.25) is 0 Å². The maximum atomic E-state index is 13.9. The van der Waals surface area contributed by atoms with E-state index in [0.717, 1.165) is 10.0 Å². The average molecular weight is 360 g/mol. The molecule has 0 heterocycles. The Balaban J connectivity index is 2.69. The summed E-state index contributed by atoms with van der Waals surface area (Å²) >= 11 is 6.80. The van der Waals surface area contributed by atoms with Crippen molar-refractivity contribution in [2.24, 2.45) is 0 Å². The van der Waals surface area contributed by atoms with Crippen molar-refractivity contribution in [2.45, 2.75) is 0 Å². The molecule has 0 aliphatic heterocycles. The van der Waals surface area contributed by atoms with Crippen LogP contribution in [0.15, 0.2) is 45.3 Å². The van der Waals surface area contributed by atoms with E-state index in [9.17, 15) is 4.39 Å². The van der Waals surface area contributed by atoms with Crippen LogP contribution in [0.25, 0.3) is 11.1 Å². The molecule has 17 heavy (non-hydrogen) atoms. The highest BCUT2D eigenvalue weighted by molar-refractivity contribution is 9.11. The first-order chi connectivity index (χ1) is 8.15. The Hall–Kier alpha value is -0.870.